The van der Waals surface area contributed by atoms with Crippen molar-refractivity contribution >= 4 is 65.0 Å². The lowest BCUT2D eigenvalue weighted by Gasteiger charge is -2.19. The van der Waals surface area contributed by atoms with Crippen LogP contribution in [0.15, 0.2) is 36.4 Å². The Morgan fingerprint density at radius 3 is 1.86 bits per heavy atom. The average molecular weight is 350 g/mol. The highest BCUT2D eigenvalue weighted by molar-refractivity contribution is 6.42. The second-order valence-electron chi connectivity index (χ2n) is 9.63. The minimum atomic E-state index is 1.12. The van der Waals surface area contributed by atoms with Gasteiger partial charge in [-0.25, -0.2) is 0 Å². The fraction of sp³-hybridized carbons (Fsp3) is 0.143. The first kappa shape index (κ1) is 12.4. The van der Waals surface area contributed by atoms with Crippen LogP contribution in [0.5, 0.6) is 0 Å². The van der Waals surface area contributed by atoms with E-state index >= 15 is 0 Å². The summed E-state index contributed by atoms with van der Waals surface area (Å²) >= 11 is 0. The molecule has 0 bridgehead atoms. The number of hydrogen-bond acceptors (Lipinski definition) is 0. The Morgan fingerprint density at radius 1 is 0.393 bits per heavy atom. The maximum Gasteiger partial charge on any atom is -0.000454 e. The second-order valence-corrected chi connectivity index (χ2v) is 9.63. The van der Waals surface area contributed by atoms with Crippen LogP contribution in [-0.4, -0.2) is 0 Å². The van der Waals surface area contributed by atoms with Crippen molar-refractivity contribution in [3.05, 3.63) is 69.1 Å². The Kier molecular flexibility index (Phi) is 1.49. The van der Waals surface area contributed by atoms with Crippen LogP contribution in [0.25, 0.3) is 65.0 Å². The molecule has 126 valence electrons. The molecule has 0 aromatic heterocycles. The average Bonchev–Trinajstić information content (AvgIpc) is 3.42. The summed E-state index contributed by atoms with van der Waals surface area (Å²) in [4.78, 5) is 0. The monoisotopic (exact) mass is 350 g/mol. The van der Waals surface area contributed by atoms with Crippen LogP contribution < -0.4 is 10.4 Å². The highest BCUT2D eigenvalue weighted by Gasteiger charge is 2.34. The van der Waals surface area contributed by atoms with Crippen molar-refractivity contribution < 1.29 is 0 Å². The zero-order valence-corrected chi connectivity index (χ0v) is 15.3. The van der Waals surface area contributed by atoms with Gasteiger partial charge in [-0.15, -0.1) is 0 Å². The van der Waals surface area contributed by atoms with E-state index in [0.29, 0.717) is 0 Å². The lowest BCUT2D eigenvalue weighted by atomic mass is 9.83. The molecular weight excluding hydrogens is 336 g/mol. The maximum atomic E-state index is 2.58. The zero-order chi connectivity index (χ0) is 17.5. The van der Waals surface area contributed by atoms with Crippen LogP contribution in [-0.2, 0) is 19.3 Å². The van der Waals surface area contributed by atoms with Crippen LogP contribution in [0.3, 0.4) is 0 Å². The molecule has 4 aliphatic carbocycles. The Balaban J connectivity index is 1.81. The van der Waals surface area contributed by atoms with Crippen LogP contribution >= 0.6 is 0 Å². The third kappa shape index (κ3) is 0.959. The van der Waals surface area contributed by atoms with Gasteiger partial charge in [0.15, 0.2) is 0 Å². The molecule has 0 unspecified atom stereocenters. The van der Waals surface area contributed by atoms with Crippen LogP contribution in [0.2, 0.25) is 0 Å². The molecule has 0 heteroatoms. The van der Waals surface area contributed by atoms with E-state index in [1.54, 1.807) is 81.5 Å². The number of rotatable bonds is 0. The summed E-state index contributed by atoms with van der Waals surface area (Å²) in [6.45, 7) is 0. The first-order valence-corrected chi connectivity index (χ1v) is 10.6. The summed E-state index contributed by atoms with van der Waals surface area (Å²) in [5.74, 6) is 0. The normalized spacial score (nSPS) is 18.0. The molecule has 6 aromatic carbocycles. The fourth-order valence-electron chi connectivity index (χ4n) is 7.78. The summed E-state index contributed by atoms with van der Waals surface area (Å²) in [5, 5.41) is 18.9. The largest absolute Gasteiger partial charge is 0.0574 e. The van der Waals surface area contributed by atoms with Gasteiger partial charge in [0, 0.05) is 0 Å². The molecule has 0 atom stereocenters. The van der Waals surface area contributed by atoms with Crippen LogP contribution in [0, 0.1) is 0 Å². The SMILES string of the molecule is c1cc2ccc3cc4c5c6c7c8c(cc9c%10c(c1C9)c2c3c5c8%10)CC=7CC=6C4. The molecule has 0 N–H and O–H groups in total. The van der Waals surface area contributed by atoms with Crippen molar-refractivity contribution in [2.75, 3.05) is 0 Å². The van der Waals surface area contributed by atoms with Crippen LogP contribution in [0.1, 0.15) is 28.7 Å². The molecule has 0 heterocycles. The minimum absolute atomic E-state index is 1.12. The zero-order valence-electron chi connectivity index (χ0n) is 15.3. The molecule has 28 heavy (non-hydrogen) atoms. The summed E-state index contributed by atoms with van der Waals surface area (Å²) in [6.07, 6.45) is 4.71. The predicted octanol–water partition coefficient (Wildman–Crippen LogP) is 5.05. The summed E-state index contributed by atoms with van der Waals surface area (Å²) < 4.78 is 0. The molecule has 0 saturated heterocycles. The first-order chi connectivity index (χ1) is 13.9. The highest BCUT2D eigenvalue weighted by Crippen LogP contribution is 2.52. The highest BCUT2D eigenvalue weighted by atomic mass is 14.4. The third-order valence-corrected chi connectivity index (χ3v) is 8.52. The smallest absolute Gasteiger partial charge is 0.000454 e. The topological polar surface area (TPSA) is 0 Å². The Morgan fingerprint density at radius 2 is 1.00 bits per heavy atom. The van der Waals surface area contributed by atoms with E-state index in [2.05, 4.69) is 36.4 Å². The molecule has 6 aromatic rings. The van der Waals surface area contributed by atoms with E-state index in [4.69, 9.17) is 0 Å². The molecular formula is C28H14. The van der Waals surface area contributed by atoms with Crippen molar-refractivity contribution in [3.63, 3.8) is 0 Å². The fourth-order valence-corrected chi connectivity index (χ4v) is 7.78. The summed E-state index contributed by atoms with van der Waals surface area (Å²) in [6, 6.07) is 14.6. The van der Waals surface area contributed by atoms with Crippen molar-refractivity contribution in [3.8, 4) is 0 Å². The van der Waals surface area contributed by atoms with Crippen LogP contribution in [0.4, 0.5) is 0 Å². The molecule has 4 aliphatic rings. The lowest BCUT2D eigenvalue weighted by Crippen LogP contribution is -2.24. The van der Waals surface area contributed by atoms with E-state index in [1.807, 2.05) is 0 Å². The van der Waals surface area contributed by atoms with Gasteiger partial charge in [0.2, 0.25) is 0 Å². The van der Waals surface area contributed by atoms with Gasteiger partial charge < -0.3 is 0 Å². The molecule has 0 aliphatic heterocycles. The van der Waals surface area contributed by atoms with Gasteiger partial charge in [0.05, 0.1) is 0 Å². The standard InChI is InChI=1S/C28H14/c1-3-12-5-14-8-18-10-17-9-16-7-15-6-13-4-2-11(1)19-20(12)24(14)28-26(18)23(17)22(16)25(15)27(28)21(13)19/h1-4,6,8H,5,7,9-10H2. The molecule has 0 saturated carbocycles. The van der Waals surface area contributed by atoms with Crippen molar-refractivity contribution in [1.29, 1.82) is 0 Å². The van der Waals surface area contributed by atoms with Gasteiger partial charge in [-0.1, -0.05) is 47.5 Å². The van der Waals surface area contributed by atoms with E-state index in [1.165, 1.54) is 35.4 Å². The molecule has 10 rings (SSSR count). The third-order valence-electron chi connectivity index (χ3n) is 8.52. The molecule has 0 fully saturated rings. The van der Waals surface area contributed by atoms with Gasteiger partial charge in [-0.05, 0) is 112 Å². The molecule has 0 amide bonds. The molecule has 0 radical (unpaired) electrons. The maximum absolute atomic E-state index is 2.58. The quantitative estimate of drug-likeness (QED) is 0.265. The molecule has 0 spiro atoms. The van der Waals surface area contributed by atoms with Gasteiger partial charge in [-0.2, -0.15) is 0 Å². The number of benzene rings is 6. The van der Waals surface area contributed by atoms with Crippen molar-refractivity contribution in [2.45, 2.75) is 25.7 Å². The van der Waals surface area contributed by atoms with Gasteiger partial charge in [-0.3, -0.25) is 0 Å². The second kappa shape index (κ2) is 3.37. The van der Waals surface area contributed by atoms with Gasteiger partial charge in [0.1, 0.15) is 0 Å². The number of hydrogen-bond donors (Lipinski definition) is 0. The Hall–Kier alpha value is -3.12. The minimum Gasteiger partial charge on any atom is -0.0574 e. The Bertz CT molecular complexity index is 1950. The van der Waals surface area contributed by atoms with E-state index in [0.717, 1.165) is 6.42 Å². The van der Waals surface area contributed by atoms with E-state index in [9.17, 15) is 0 Å². The van der Waals surface area contributed by atoms with E-state index < -0.39 is 0 Å². The predicted molar refractivity (Wildman–Crippen MR) is 117 cm³/mol. The summed E-state index contributed by atoms with van der Waals surface area (Å²) in [7, 11) is 0. The Labute approximate surface area is 160 Å². The van der Waals surface area contributed by atoms with Crippen molar-refractivity contribution in [1.82, 2.24) is 0 Å². The lowest BCUT2D eigenvalue weighted by molar-refractivity contribution is 1.20. The van der Waals surface area contributed by atoms with Gasteiger partial charge in [0.25, 0.3) is 0 Å². The molecule has 0 nitrogen and oxygen atoms in total. The van der Waals surface area contributed by atoms with Gasteiger partial charge >= 0.3 is 0 Å². The van der Waals surface area contributed by atoms with Crippen molar-refractivity contribution in [2.24, 2.45) is 0 Å². The first-order valence-electron chi connectivity index (χ1n) is 10.6. The van der Waals surface area contributed by atoms with E-state index in [-0.39, 0.29) is 0 Å². The summed E-state index contributed by atoms with van der Waals surface area (Å²) in [5.41, 5.74) is 9.76.